The van der Waals surface area contributed by atoms with Gasteiger partial charge in [-0.15, -0.1) is 0 Å². The molecule has 0 saturated heterocycles. The van der Waals surface area contributed by atoms with Crippen molar-refractivity contribution in [2.45, 2.75) is 84.7 Å². The van der Waals surface area contributed by atoms with Gasteiger partial charge in [0.2, 0.25) is 11.3 Å². The molecule has 0 aliphatic heterocycles. The van der Waals surface area contributed by atoms with Crippen molar-refractivity contribution in [1.29, 1.82) is 0 Å². The molecule has 0 radical (unpaired) electrons. The highest BCUT2D eigenvalue weighted by Gasteiger charge is 2.27. The van der Waals surface area contributed by atoms with E-state index in [1.54, 1.807) is 0 Å². The maximum absolute atomic E-state index is 10.7. The number of benzene rings is 1. The normalized spacial score (nSPS) is 15.0. The molecule has 1 aromatic rings. The SMILES string of the molecule is CCC(C)(C)c1ccc(OC(C)CCNS(=O)O)c(C(C)(C)CC)c1. The predicted molar refractivity (Wildman–Crippen MR) is 107 cm³/mol. The molecule has 1 aromatic carbocycles. The van der Waals surface area contributed by atoms with E-state index in [2.05, 4.69) is 64.5 Å². The monoisotopic (exact) mass is 369 g/mol. The minimum Gasteiger partial charge on any atom is -0.490 e. The highest BCUT2D eigenvalue weighted by molar-refractivity contribution is 7.77. The Morgan fingerprint density at radius 3 is 2.28 bits per heavy atom. The minimum absolute atomic E-state index is 0.0275. The second-order valence-electron chi connectivity index (χ2n) is 8.05. The Morgan fingerprint density at radius 2 is 1.76 bits per heavy atom. The summed E-state index contributed by atoms with van der Waals surface area (Å²) in [6.07, 6.45) is 2.74. The fraction of sp³-hybridized carbons (Fsp3) is 0.700. The quantitative estimate of drug-likeness (QED) is 0.574. The van der Waals surface area contributed by atoms with Gasteiger partial charge in [-0.25, -0.2) is 8.93 Å². The van der Waals surface area contributed by atoms with Crippen LogP contribution >= 0.6 is 0 Å². The molecule has 144 valence electrons. The summed E-state index contributed by atoms with van der Waals surface area (Å²) in [5.41, 5.74) is 2.74. The Bertz CT molecular complexity index is 584. The summed E-state index contributed by atoms with van der Waals surface area (Å²) in [6.45, 7) is 15.9. The number of ether oxygens (including phenoxy) is 1. The van der Waals surface area contributed by atoms with Crippen molar-refractivity contribution in [1.82, 2.24) is 4.72 Å². The maximum atomic E-state index is 10.7. The van der Waals surface area contributed by atoms with Gasteiger partial charge in [-0.2, -0.15) is 0 Å². The van der Waals surface area contributed by atoms with E-state index in [1.807, 2.05) is 6.92 Å². The fourth-order valence-electron chi connectivity index (χ4n) is 2.60. The van der Waals surface area contributed by atoms with Gasteiger partial charge in [0, 0.05) is 12.1 Å². The Balaban J connectivity index is 3.07. The summed E-state index contributed by atoms with van der Waals surface area (Å²) in [5, 5.41) is 0. The van der Waals surface area contributed by atoms with Crippen LogP contribution in [0.5, 0.6) is 5.75 Å². The van der Waals surface area contributed by atoms with E-state index >= 15 is 0 Å². The zero-order valence-corrected chi connectivity index (χ0v) is 17.6. The average molecular weight is 370 g/mol. The molecule has 0 amide bonds. The second-order valence-corrected chi connectivity index (χ2v) is 8.83. The number of hydrogen-bond donors (Lipinski definition) is 2. The second kappa shape index (κ2) is 9.15. The van der Waals surface area contributed by atoms with E-state index in [4.69, 9.17) is 9.29 Å². The third kappa shape index (κ3) is 6.39. The van der Waals surface area contributed by atoms with Crippen LogP contribution in [0.25, 0.3) is 0 Å². The smallest absolute Gasteiger partial charge is 0.231 e. The van der Waals surface area contributed by atoms with E-state index in [9.17, 15) is 4.21 Å². The Kier molecular flexibility index (Phi) is 8.10. The molecule has 1 rings (SSSR count). The molecule has 4 nitrogen and oxygen atoms in total. The molecule has 0 bridgehead atoms. The average Bonchev–Trinajstić information content (AvgIpc) is 2.54. The molecule has 0 fully saturated rings. The molecule has 0 spiro atoms. The third-order valence-corrected chi connectivity index (χ3v) is 5.81. The molecule has 5 heteroatoms. The van der Waals surface area contributed by atoms with Crippen molar-refractivity contribution in [3.63, 3.8) is 0 Å². The maximum Gasteiger partial charge on any atom is 0.231 e. The van der Waals surface area contributed by atoms with Crippen LogP contribution in [0.4, 0.5) is 0 Å². The molecule has 0 aliphatic carbocycles. The fourth-order valence-corrected chi connectivity index (χ4v) is 2.89. The van der Waals surface area contributed by atoms with E-state index in [1.165, 1.54) is 11.1 Å². The largest absolute Gasteiger partial charge is 0.490 e. The van der Waals surface area contributed by atoms with Gasteiger partial charge >= 0.3 is 0 Å². The molecule has 0 heterocycles. The zero-order chi connectivity index (χ0) is 19.3. The molecule has 2 unspecified atom stereocenters. The first-order chi connectivity index (χ1) is 11.5. The van der Waals surface area contributed by atoms with Gasteiger partial charge in [-0.05, 0) is 48.6 Å². The standard InChI is InChI=1S/C20H35NO3S/c1-8-19(4,5)16-10-11-18(17(14-16)20(6,7)9-2)24-15(3)12-13-21-25(22)23/h10-11,14-15,21H,8-9,12-13H2,1-7H3,(H,22,23). The van der Waals surface area contributed by atoms with E-state index in [-0.39, 0.29) is 16.9 Å². The first-order valence-electron chi connectivity index (χ1n) is 9.19. The molecule has 2 N–H and O–H groups in total. The summed E-state index contributed by atoms with van der Waals surface area (Å²) in [4.78, 5) is 0. The predicted octanol–water partition coefficient (Wildman–Crippen LogP) is 4.95. The van der Waals surface area contributed by atoms with Gasteiger partial charge in [0.15, 0.2) is 0 Å². The summed E-state index contributed by atoms with van der Waals surface area (Å²) >= 11 is -1.97. The lowest BCUT2D eigenvalue weighted by atomic mass is 9.76. The molecular formula is C20H35NO3S. The zero-order valence-electron chi connectivity index (χ0n) is 16.8. The Morgan fingerprint density at radius 1 is 1.16 bits per heavy atom. The van der Waals surface area contributed by atoms with Crippen molar-refractivity contribution in [2.75, 3.05) is 6.54 Å². The van der Waals surface area contributed by atoms with Crippen LogP contribution in [0.1, 0.15) is 78.9 Å². The number of nitrogens with one attached hydrogen (secondary N) is 1. The molecule has 2 atom stereocenters. The van der Waals surface area contributed by atoms with Crippen molar-refractivity contribution in [3.05, 3.63) is 29.3 Å². The molecule has 25 heavy (non-hydrogen) atoms. The summed E-state index contributed by atoms with van der Waals surface area (Å²) in [7, 11) is 0. The van der Waals surface area contributed by atoms with E-state index < -0.39 is 11.3 Å². The molecular weight excluding hydrogens is 334 g/mol. The number of rotatable bonds is 10. The minimum atomic E-state index is -1.97. The first-order valence-corrected chi connectivity index (χ1v) is 10.3. The Labute approximate surface area is 156 Å². The first kappa shape index (κ1) is 22.1. The van der Waals surface area contributed by atoms with Gasteiger partial charge in [0.25, 0.3) is 0 Å². The van der Waals surface area contributed by atoms with Crippen molar-refractivity contribution in [3.8, 4) is 5.75 Å². The van der Waals surface area contributed by atoms with Gasteiger partial charge in [0.05, 0.1) is 6.10 Å². The molecule has 0 aromatic heterocycles. The van der Waals surface area contributed by atoms with Gasteiger partial charge in [-0.3, -0.25) is 4.55 Å². The lowest BCUT2D eigenvalue weighted by Gasteiger charge is -2.31. The van der Waals surface area contributed by atoms with Crippen molar-refractivity contribution in [2.24, 2.45) is 0 Å². The molecule has 0 aliphatic rings. The van der Waals surface area contributed by atoms with Crippen molar-refractivity contribution < 1.29 is 13.5 Å². The van der Waals surface area contributed by atoms with E-state index in [0.29, 0.717) is 13.0 Å². The number of hydrogen-bond acceptors (Lipinski definition) is 2. The van der Waals surface area contributed by atoms with Crippen LogP contribution in [-0.2, 0) is 22.1 Å². The van der Waals surface area contributed by atoms with Crippen LogP contribution in [0.2, 0.25) is 0 Å². The van der Waals surface area contributed by atoms with Crippen LogP contribution in [0, 0.1) is 0 Å². The lowest BCUT2D eigenvalue weighted by molar-refractivity contribution is 0.206. The van der Waals surface area contributed by atoms with Crippen LogP contribution < -0.4 is 9.46 Å². The highest BCUT2D eigenvalue weighted by Crippen LogP contribution is 2.38. The summed E-state index contributed by atoms with van der Waals surface area (Å²) in [5.74, 6) is 0.917. The lowest BCUT2D eigenvalue weighted by Crippen LogP contribution is -2.25. The van der Waals surface area contributed by atoms with Gasteiger partial charge in [0.1, 0.15) is 5.75 Å². The molecule has 0 saturated carbocycles. The van der Waals surface area contributed by atoms with Crippen LogP contribution in [-0.4, -0.2) is 21.4 Å². The van der Waals surface area contributed by atoms with E-state index in [0.717, 1.165) is 18.6 Å². The topological polar surface area (TPSA) is 58.6 Å². The van der Waals surface area contributed by atoms with Crippen LogP contribution in [0.3, 0.4) is 0 Å². The summed E-state index contributed by atoms with van der Waals surface area (Å²) in [6, 6.07) is 6.56. The summed E-state index contributed by atoms with van der Waals surface area (Å²) < 4.78 is 28.2. The van der Waals surface area contributed by atoms with Crippen molar-refractivity contribution >= 4 is 11.3 Å². The highest BCUT2D eigenvalue weighted by atomic mass is 32.2. The Hall–Kier alpha value is -0.910. The van der Waals surface area contributed by atoms with Gasteiger partial charge < -0.3 is 4.74 Å². The van der Waals surface area contributed by atoms with Gasteiger partial charge in [-0.1, -0.05) is 53.7 Å². The third-order valence-electron chi connectivity index (χ3n) is 5.36. The van der Waals surface area contributed by atoms with Crippen LogP contribution in [0.15, 0.2) is 18.2 Å².